The molecule has 32 rings (SSSR count). The van der Waals surface area contributed by atoms with Crippen LogP contribution in [0.5, 0.6) is 0 Å². The molecule has 0 aromatic carbocycles. The molecule has 2 aromatic heterocycles. The van der Waals surface area contributed by atoms with E-state index in [1.165, 1.54) is 9.13 Å². The number of aliphatic hydroxyl groups excluding tert-OH is 22. The highest BCUT2D eigenvalue weighted by atomic mass is 16.8. The maximum absolute atomic E-state index is 11.9. The zero-order valence-corrected chi connectivity index (χ0v) is 51.8. The molecular formula is C58H88N2O38+2. The van der Waals surface area contributed by atoms with Crippen LogP contribution in [-0.4, -0.2) is 398 Å². The predicted molar refractivity (Wildman–Crippen MR) is 300 cm³/mol. The van der Waals surface area contributed by atoms with Gasteiger partial charge in [-0.1, -0.05) is 12.1 Å². The van der Waals surface area contributed by atoms with Crippen molar-refractivity contribution in [3.63, 3.8) is 0 Å². The Bertz CT molecular complexity index is 2720. The number of hydrogen-bond donors (Lipinski definition) is 22. The summed E-state index contributed by atoms with van der Waals surface area (Å²) in [6, 6.07) is 9.80. The lowest BCUT2D eigenvalue weighted by molar-refractivity contribution is -0.707. The Kier molecular flexibility index (Phi) is 25.4. The van der Waals surface area contributed by atoms with Gasteiger partial charge in [0.05, 0.1) is 39.6 Å². The Balaban J connectivity index is 0.886. The van der Waals surface area contributed by atoms with E-state index in [1.54, 1.807) is 61.2 Å². The molecule has 16 bridgehead atoms. The molecule has 30 aliphatic rings. The molecule has 556 valence electrons. The van der Waals surface area contributed by atoms with Gasteiger partial charge in [-0.2, -0.15) is 0 Å². The van der Waals surface area contributed by atoms with Crippen LogP contribution in [0.2, 0.25) is 0 Å². The number of rotatable bonds is 10. The molecule has 0 aliphatic carbocycles. The van der Waals surface area contributed by atoms with Gasteiger partial charge in [0.1, 0.15) is 195 Å². The minimum atomic E-state index is -2.24. The van der Waals surface area contributed by atoms with Crippen molar-refractivity contribution in [3.05, 3.63) is 61.2 Å². The van der Waals surface area contributed by atoms with E-state index in [1.807, 2.05) is 0 Å². The van der Waals surface area contributed by atoms with Gasteiger partial charge in [0.25, 0.3) is 0 Å². The summed E-state index contributed by atoms with van der Waals surface area (Å²) < 4.78 is 97.8. The van der Waals surface area contributed by atoms with Gasteiger partial charge in [-0.05, 0) is 0 Å². The fourth-order valence-electron chi connectivity index (χ4n) is 13.4. The van der Waals surface area contributed by atoms with Crippen molar-refractivity contribution >= 4 is 0 Å². The van der Waals surface area contributed by atoms with Crippen molar-refractivity contribution in [3.8, 4) is 0 Å². The SMILES string of the molecule is OC[C@H]1O[C@@H]2O[C@H]3[C@H](O)[C@@H](O)[C@@H](O[C@H]4[C@H](O)[C@@H](O)[C@@H](O[C@H]5[C@H](O)[C@@H](O)[C@@H](O[C@H]6[C@H](O)[C@@H](O)[C@@H](O[C@H]7[C@H](O)[C@@H](O)[C@@H](O[C@H]8[C@H](O)[C@@H](O)[C@@H](O[C@H]9[C@H](O)[C@@H](O)[C@@H](O[C@H]1[C@H](O)[C@H]2O)O[C@@H]9CO)O[C@@H]8CO)O[C@@H]7C[n+]1ccccc1)O[C@@H]6CO)O[C@@H]5C[n+]1ccccc1)O[C@@H]4CO)O[C@@H]3CO. The monoisotopic (exact) mass is 1420 g/mol. The molecule has 30 aliphatic heterocycles. The second-order valence-corrected chi connectivity index (χ2v) is 25.2. The van der Waals surface area contributed by atoms with E-state index in [-0.39, 0.29) is 13.1 Å². The molecule has 40 nitrogen and oxygen atoms in total. The summed E-state index contributed by atoms with van der Waals surface area (Å²) in [6.45, 7) is -6.85. The van der Waals surface area contributed by atoms with Crippen molar-refractivity contribution in [2.24, 2.45) is 0 Å². The van der Waals surface area contributed by atoms with Crippen LogP contribution >= 0.6 is 0 Å². The molecule has 0 radical (unpaired) electrons. The Morgan fingerprint density at radius 3 is 0.480 bits per heavy atom. The number of pyridine rings is 2. The molecule has 98 heavy (non-hydrogen) atoms. The summed E-state index contributed by atoms with van der Waals surface area (Å²) in [5, 5.41) is 250. The molecule has 0 amide bonds. The van der Waals surface area contributed by atoms with Crippen LogP contribution in [0.4, 0.5) is 0 Å². The van der Waals surface area contributed by atoms with Gasteiger partial charge in [0, 0.05) is 24.3 Å². The molecule has 30 fully saturated rings. The largest absolute Gasteiger partial charge is 0.394 e. The molecule has 30 saturated heterocycles. The van der Waals surface area contributed by atoms with E-state index in [2.05, 4.69) is 0 Å². The molecule has 32 heterocycles. The van der Waals surface area contributed by atoms with Gasteiger partial charge in [0.2, 0.25) is 0 Å². The number of aromatic nitrogens is 2. The number of nitrogens with zero attached hydrogens (tertiary/aromatic N) is 2. The van der Waals surface area contributed by atoms with Gasteiger partial charge in [-0.25, -0.2) is 9.13 Å². The maximum Gasteiger partial charge on any atom is 0.187 e. The standard InChI is InChI=1S/C58H88N2O38/c61-13-21-45-29(69)37(77)53(85-21)91-43-19(11-59-7-3-1-4-8-59)84-52(36(76)28(43)68)94-46-22(14-62)87-55(39(79)31(46)71)96-48-24(16-64)89-57(41(81)33(48)73)98-50-26(18-66)90-58(42(82)34(50)74)97-49-25(17-65)88-56(40(80)32(49)72)95-47-23(15-63)86-54(38(78)30(47)70)92-44-20(12-60-9-5-2-6-10-60)83-51(93-45)35(75)27(44)67/h1-10,19-58,61-82H,11-18H2/q+2/t19-,20-,21-,22-,23-,24-,25-,26-,27-,28-,29-,30-,31-,32-,33-,34-,35-,36-,37-,38-,39-,40-,41-,42-,43-,44-,45-,46-,47-,48-,49-,50-,51-,52-,53-,54-,55-,56-,57-,58-/m1/s1. The smallest absolute Gasteiger partial charge is 0.187 e. The zero-order chi connectivity index (χ0) is 70.3. The lowest BCUT2D eigenvalue weighted by Gasteiger charge is -2.50. The Morgan fingerprint density at radius 2 is 0.327 bits per heavy atom. The Labute approximate surface area is 555 Å². The van der Waals surface area contributed by atoms with Crippen LogP contribution in [0.1, 0.15) is 0 Å². The zero-order valence-electron chi connectivity index (χ0n) is 51.8. The number of ether oxygens (including phenoxy) is 16. The third-order valence-corrected chi connectivity index (χ3v) is 18.9. The van der Waals surface area contributed by atoms with E-state index in [0.717, 1.165) is 0 Å². The number of hydrogen-bond acceptors (Lipinski definition) is 38. The second kappa shape index (κ2) is 32.8. The minimum absolute atomic E-state index is 0.263. The van der Waals surface area contributed by atoms with Crippen molar-refractivity contribution in [1.29, 1.82) is 0 Å². The molecule has 0 saturated carbocycles. The molecule has 40 heteroatoms. The summed E-state index contributed by atoms with van der Waals surface area (Å²) in [7, 11) is 0. The number of aliphatic hydroxyl groups is 22. The van der Waals surface area contributed by atoms with E-state index in [4.69, 9.17) is 75.8 Å². The first-order valence-corrected chi connectivity index (χ1v) is 31.8. The van der Waals surface area contributed by atoms with E-state index in [0.29, 0.717) is 0 Å². The lowest BCUT2D eigenvalue weighted by Crippen LogP contribution is -2.69. The predicted octanol–water partition coefficient (Wildman–Crippen LogP) is -15.4. The molecule has 0 unspecified atom stereocenters. The first kappa shape index (κ1) is 75.9. The third kappa shape index (κ3) is 15.5. The Hall–Kier alpha value is -3.22. The normalized spacial score (nSPS) is 50.8. The molecule has 22 N–H and O–H groups in total. The average molecular weight is 1420 g/mol. The van der Waals surface area contributed by atoms with Crippen LogP contribution in [0.15, 0.2) is 61.2 Å². The molecule has 0 spiro atoms. The highest BCUT2D eigenvalue weighted by Crippen LogP contribution is 2.40. The summed E-state index contributed by atoms with van der Waals surface area (Å²) in [5.74, 6) is 0. The van der Waals surface area contributed by atoms with Gasteiger partial charge in [0.15, 0.2) is 88.2 Å². The first-order chi connectivity index (χ1) is 46.9. The van der Waals surface area contributed by atoms with Crippen LogP contribution in [0.3, 0.4) is 0 Å². The van der Waals surface area contributed by atoms with Crippen molar-refractivity contribution < 1.29 is 197 Å². The lowest BCUT2D eigenvalue weighted by atomic mass is 9.94. The topological polar surface area (TPSA) is 601 Å². The molecule has 2 aromatic rings. The van der Waals surface area contributed by atoms with Crippen LogP contribution in [0, 0.1) is 0 Å². The van der Waals surface area contributed by atoms with Crippen LogP contribution in [-0.2, 0) is 88.9 Å². The summed E-state index contributed by atoms with van der Waals surface area (Å²) in [6.07, 6.45) is -73.5. The fourth-order valence-corrected chi connectivity index (χ4v) is 13.4. The average Bonchev–Trinajstić information content (AvgIpc) is 0.780. The van der Waals surface area contributed by atoms with Crippen molar-refractivity contribution in [2.75, 3.05) is 39.6 Å². The second-order valence-electron chi connectivity index (χ2n) is 25.2. The Morgan fingerprint density at radius 1 is 0.184 bits per heavy atom. The highest BCUT2D eigenvalue weighted by molar-refractivity contribution is 5.03. The third-order valence-electron chi connectivity index (χ3n) is 18.9. The summed E-state index contributed by atoms with van der Waals surface area (Å²) in [5.41, 5.74) is 0. The summed E-state index contributed by atoms with van der Waals surface area (Å²) >= 11 is 0. The van der Waals surface area contributed by atoms with E-state index in [9.17, 15) is 112 Å². The molecular weight excluding hydrogens is 1330 g/mol. The van der Waals surface area contributed by atoms with Gasteiger partial charge in [-0.3, -0.25) is 0 Å². The van der Waals surface area contributed by atoms with Crippen molar-refractivity contribution in [2.45, 2.75) is 259 Å². The van der Waals surface area contributed by atoms with E-state index >= 15 is 0 Å². The maximum atomic E-state index is 11.9. The van der Waals surface area contributed by atoms with E-state index < -0.39 is 285 Å². The van der Waals surface area contributed by atoms with Crippen molar-refractivity contribution in [1.82, 2.24) is 0 Å². The highest BCUT2D eigenvalue weighted by Gasteiger charge is 2.61. The summed E-state index contributed by atoms with van der Waals surface area (Å²) in [4.78, 5) is 0. The van der Waals surface area contributed by atoms with Gasteiger partial charge >= 0.3 is 0 Å². The molecule has 40 atom stereocenters. The minimum Gasteiger partial charge on any atom is -0.394 e. The van der Waals surface area contributed by atoms with Crippen LogP contribution < -0.4 is 9.13 Å². The van der Waals surface area contributed by atoms with Gasteiger partial charge < -0.3 is 188 Å². The quantitative estimate of drug-likeness (QED) is 0.0982. The first-order valence-electron chi connectivity index (χ1n) is 31.8. The van der Waals surface area contributed by atoms with Gasteiger partial charge in [-0.15, -0.1) is 0 Å². The fraction of sp³-hybridized carbons (Fsp3) is 0.828. The van der Waals surface area contributed by atoms with Crippen LogP contribution in [0.25, 0.3) is 0 Å².